The van der Waals surface area contributed by atoms with Gasteiger partial charge in [0, 0.05) is 0 Å². The van der Waals surface area contributed by atoms with Crippen LogP contribution in [0.15, 0.2) is 24.3 Å². The Labute approximate surface area is 102 Å². The van der Waals surface area contributed by atoms with Crippen LogP contribution in [0.4, 0.5) is 17.6 Å². The molecule has 0 amide bonds. The second kappa shape index (κ2) is 5.04. The van der Waals surface area contributed by atoms with Crippen LogP contribution in [0.5, 0.6) is 5.75 Å². The molecule has 0 aliphatic carbocycles. The second-order valence-corrected chi connectivity index (χ2v) is 19.1. The van der Waals surface area contributed by atoms with Gasteiger partial charge in [-0.15, -0.1) is 0 Å². The monoisotopic (exact) mass is 358 g/mol. The normalized spacial score (nSPS) is 12.9. The summed E-state index contributed by atoms with van der Waals surface area (Å²) in [7, 11) is 0. The van der Waals surface area contributed by atoms with Gasteiger partial charge in [-0.3, -0.25) is 0 Å². The van der Waals surface area contributed by atoms with E-state index >= 15 is 0 Å². The standard InChI is InChI=1S/C8H5F4O.3CH3.Sn/c9-7(10)8(11,12)13-6-4-2-1-3-5-6;;;;/h1-4,7H;3*1H3;. The van der Waals surface area contributed by atoms with Crippen molar-refractivity contribution in [2.45, 2.75) is 27.4 Å². The molecule has 0 atom stereocenters. The molecular formula is C11H14F4OSn. The van der Waals surface area contributed by atoms with Crippen LogP contribution >= 0.6 is 0 Å². The van der Waals surface area contributed by atoms with Gasteiger partial charge in [0.25, 0.3) is 0 Å². The van der Waals surface area contributed by atoms with E-state index in [-0.39, 0.29) is 5.75 Å². The molecule has 0 heterocycles. The fourth-order valence-electron chi connectivity index (χ4n) is 1.37. The molecule has 1 aromatic carbocycles. The first-order valence-electron chi connectivity index (χ1n) is 5.09. The Kier molecular flexibility index (Phi) is 4.32. The van der Waals surface area contributed by atoms with Crippen LogP contribution in [-0.4, -0.2) is 30.9 Å². The number of alkyl halides is 4. The molecule has 0 N–H and O–H groups in total. The van der Waals surface area contributed by atoms with Crippen LogP contribution in [0, 0.1) is 0 Å². The summed E-state index contributed by atoms with van der Waals surface area (Å²) >= 11 is -2.66. The molecule has 0 fully saturated rings. The van der Waals surface area contributed by atoms with E-state index in [1.54, 1.807) is 12.1 Å². The molecule has 0 spiro atoms. The Morgan fingerprint density at radius 3 is 2.12 bits per heavy atom. The predicted molar refractivity (Wildman–Crippen MR) is 61.0 cm³/mol. The second-order valence-electron chi connectivity index (χ2n) is 4.71. The van der Waals surface area contributed by atoms with Gasteiger partial charge in [-0.2, -0.15) is 0 Å². The van der Waals surface area contributed by atoms with Crippen molar-refractivity contribution < 1.29 is 22.3 Å². The van der Waals surface area contributed by atoms with Crippen molar-refractivity contribution in [3.63, 3.8) is 0 Å². The summed E-state index contributed by atoms with van der Waals surface area (Å²) in [5.41, 5.74) is 0. The van der Waals surface area contributed by atoms with Gasteiger partial charge in [-0.25, -0.2) is 0 Å². The van der Waals surface area contributed by atoms with E-state index in [2.05, 4.69) is 4.74 Å². The zero-order valence-corrected chi connectivity index (χ0v) is 12.7. The Morgan fingerprint density at radius 1 is 1.12 bits per heavy atom. The van der Waals surface area contributed by atoms with Gasteiger partial charge in [0.05, 0.1) is 0 Å². The quantitative estimate of drug-likeness (QED) is 0.593. The Hall–Kier alpha value is -0.461. The summed E-state index contributed by atoms with van der Waals surface area (Å²) in [5, 5.41) is 0. The maximum atomic E-state index is 12.9. The summed E-state index contributed by atoms with van der Waals surface area (Å²) in [4.78, 5) is 5.99. The summed E-state index contributed by atoms with van der Waals surface area (Å²) in [6.45, 7) is 0. The topological polar surface area (TPSA) is 9.23 Å². The zero-order chi connectivity index (χ0) is 13.3. The first-order chi connectivity index (χ1) is 7.64. The van der Waals surface area contributed by atoms with Crippen LogP contribution in [0.3, 0.4) is 0 Å². The zero-order valence-electron chi connectivity index (χ0n) is 9.81. The summed E-state index contributed by atoms with van der Waals surface area (Å²) in [6.07, 6.45) is -8.27. The van der Waals surface area contributed by atoms with E-state index in [0.717, 1.165) is 0 Å². The molecule has 1 aromatic rings. The molecule has 0 saturated heterocycles. The van der Waals surface area contributed by atoms with Gasteiger partial charge in [0.15, 0.2) is 0 Å². The van der Waals surface area contributed by atoms with E-state index in [9.17, 15) is 17.6 Å². The number of para-hydroxylation sites is 1. The van der Waals surface area contributed by atoms with Crippen molar-refractivity contribution in [3.05, 3.63) is 24.3 Å². The predicted octanol–water partition coefficient (Wildman–Crippen LogP) is 3.47. The third-order valence-electron chi connectivity index (χ3n) is 2.20. The van der Waals surface area contributed by atoms with Gasteiger partial charge in [0.1, 0.15) is 0 Å². The number of ether oxygens (including phenoxy) is 1. The molecule has 1 rings (SSSR count). The maximum absolute atomic E-state index is 12.9. The van der Waals surface area contributed by atoms with Crippen molar-refractivity contribution >= 4 is 22.0 Å². The molecule has 96 valence electrons. The molecule has 1 nitrogen and oxygen atoms in total. The van der Waals surface area contributed by atoms with Gasteiger partial charge < -0.3 is 0 Å². The van der Waals surface area contributed by atoms with Gasteiger partial charge >= 0.3 is 102 Å². The summed E-state index contributed by atoms with van der Waals surface area (Å²) in [6, 6.07) is 6.18. The molecule has 0 aromatic heterocycles. The van der Waals surface area contributed by atoms with E-state index in [4.69, 9.17) is 0 Å². The molecule has 0 saturated carbocycles. The van der Waals surface area contributed by atoms with Crippen LogP contribution in [0.2, 0.25) is 14.8 Å². The molecule has 0 aliphatic rings. The Balaban J connectivity index is 3.08. The average Bonchev–Trinajstić information content (AvgIpc) is 2.15. The van der Waals surface area contributed by atoms with Crippen LogP contribution in [0.1, 0.15) is 0 Å². The van der Waals surface area contributed by atoms with Crippen molar-refractivity contribution in [1.82, 2.24) is 0 Å². The Bertz CT molecular complexity index is 387. The van der Waals surface area contributed by atoms with Crippen LogP contribution in [-0.2, 0) is 0 Å². The van der Waals surface area contributed by atoms with Crippen molar-refractivity contribution in [1.29, 1.82) is 0 Å². The number of benzene rings is 1. The minimum absolute atomic E-state index is 0.124. The fourth-order valence-corrected chi connectivity index (χ4v) is 5.56. The molecule has 17 heavy (non-hydrogen) atoms. The van der Waals surface area contributed by atoms with Crippen LogP contribution < -0.4 is 8.32 Å². The van der Waals surface area contributed by atoms with E-state index in [0.29, 0.717) is 3.58 Å². The Morgan fingerprint density at radius 2 is 1.65 bits per heavy atom. The summed E-state index contributed by atoms with van der Waals surface area (Å²) in [5.74, 6) is -0.124. The van der Waals surface area contributed by atoms with Crippen molar-refractivity contribution in [2.24, 2.45) is 0 Å². The molecule has 6 heteroatoms. The molecule has 0 aliphatic heterocycles. The van der Waals surface area contributed by atoms with E-state index in [1.807, 2.05) is 14.8 Å². The van der Waals surface area contributed by atoms with E-state index in [1.165, 1.54) is 12.1 Å². The number of hydrogen-bond donors (Lipinski definition) is 0. The van der Waals surface area contributed by atoms with Gasteiger partial charge in [-0.1, -0.05) is 0 Å². The van der Waals surface area contributed by atoms with Gasteiger partial charge in [-0.05, 0) is 0 Å². The molecule has 0 bridgehead atoms. The van der Waals surface area contributed by atoms with Gasteiger partial charge in [0.2, 0.25) is 0 Å². The van der Waals surface area contributed by atoms with Crippen molar-refractivity contribution in [3.8, 4) is 5.75 Å². The SMILES string of the molecule is [CH3][Sn]([CH3])([CH3])[c]1ccccc1OC(F)(F)C(F)F. The fraction of sp³-hybridized carbons (Fsp3) is 0.455. The number of hydrogen-bond acceptors (Lipinski definition) is 1. The number of rotatable bonds is 4. The minimum atomic E-state index is -4.44. The summed E-state index contributed by atoms with van der Waals surface area (Å²) < 4.78 is 54.7. The third-order valence-corrected chi connectivity index (χ3v) is 7.99. The molecule has 0 unspecified atom stereocenters. The van der Waals surface area contributed by atoms with E-state index < -0.39 is 30.9 Å². The number of halogens is 4. The molecule has 0 radical (unpaired) electrons. The average molecular weight is 357 g/mol. The third kappa shape index (κ3) is 3.76. The first kappa shape index (κ1) is 14.6. The molecular weight excluding hydrogens is 343 g/mol. The van der Waals surface area contributed by atoms with Crippen LogP contribution in [0.25, 0.3) is 0 Å². The first-order valence-corrected chi connectivity index (χ1v) is 15.1. The van der Waals surface area contributed by atoms with Crippen molar-refractivity contribution in [2.75, 3.05) is 0 Å².